The molecule has 0 saturated heterocycles. The Morgan fingerprint density at radius 2 is 2.03 bits per heavy atom. The molecular weight excluding hydrogens is 380 g/mol. The predicted octanol–water partition coefficient (Wildman–Crippen LogP) is 4.28. The molecule has 1 aromatic carbocycles. The molecule has 1 N–H and O–H groups in total. The number of aromatic nitrogens is 1. The second-order valence-electron chi connectivity index (χ2n) is 8.54. The monoisotopic (exact) mass is 408 g/mol. The minimum Gasteiger partial charge on any atom is -0.470 e. The summed E-state index contributed by atoms with van der Waals surface area (Å²) in [4.78, 5) is 26.8. The number of nitrogens with one attached hydrogen (secondary N) is 1. The van der Waals surface area contributed by atoms with Crippen LogP contribution in [0.4, 0.5) is 0 Å². The standard InChI is InChI=1S/C24H28N2O4/c1-4-24-17(11-8-12-18(24)27)20(25-13-15(2)3)21-19(22(24)28)23(26-30-21)29-14-16-9-6-5-7-10-16/h5-10,12,15,17,20,25H,4,11,13-14H2,1-3H3. The van der Waals surface area contributed by atoms with Crippen LogP contribution < -0.4 is 10.1 Å². The largest absolute Gasteiger partial charge is 0.470 e. The smallest absolute Gasteiger partial charge is 0.265 e. The normalized spacial score (nSPS) is 25.3. The number of allylic oxidation sites excluding steroid dienone is 2. The molecule has 3 unspecified atom stereocenters. The van der Waals surface area contributed by atoms with Crippen molar-refractivity contribution in [1.29, 1.82) is 0 Å². The van der Waals surface area contributed by atoms with Crippen molar-refractivity contribution in [2.24, 2.45) is 17.3 Å². The predicted molar refractivity (Wildman–Crippen MR) is 112 cm³/mol. The third kappa shape index (κ3) is 3.29. The summed E-state index contributed by atoms with van der Waals surface area (Å²) in [5, 5.41) is 7.64. The zero-order valence-electron chi connectivity index (χ0n) is 17.7. The Labute approximate surface area is 176 Å². The van der Waals surface area contributed by atoms with E-state index in [2.05, 4.69) is 24.3 Å². The SMILES string of the molecule is CCC12C(=O)C=CCC1C(NCC(C)C)c1onc(OCc3ccccc3)c1C2=O. The van der Waals surface area contributed by atoms with E-state index < -0.39 is 5.41 Å². The lowest BCUT2D eigenvalue weighted by atomic mass is 9.56. The van der Waals surface area contributed by atoms with Crippen LogP contribution >= 0.6 is 0 Å². The van der Waals surface area contributed by atoms with Gasteiger partial charge in [-0.15, -0.1) is 0 Å². The Hall–Kier alpha value is -2.73. The van der Waals surface area contributed by atoms with Crippen molar-refractivity contribution in [3.8, 4) is 5.88 Å². The number of nitrogens with zero attached hydrogens (tertiary/aromatic N) is 1. The van der Waals surface area contributed by atoms with Crippen LogP contribution in [0.15, 0.2) is 47.0 Å². The summed E-state index contributed by atoms with van der Waals surface area (Å²) in [6, 6.07) is 9.41. The Balaban J connectivity index is 1.74. The molecule has 0 radical (unpaired) electrons. The molecule has 158 valence electrons. The first kappa shape index (κ1) is 20.5. The molecule has 30 heavy (non-hydrogen) atoms. The summed E-state index contributed by atoms with van der Waals surface area (Å²) in [5.74, 6) is 0.502. The van der Waals surface area contributed by atoms with Gasteiger partial charge in [0.05, 0.1) is 6.04 Å². The lowest BCUT2D eigenvalue weighted by Crippen LogP contribution is -2.54. The first-order chi connectivity index (χ1) is 14.5. The molecule has 6 heteroatoms. The summed E-state index contributed by atoms with van der Waals surface area (Å²) in [6.07, 6.45) is 4.50. The number of carbonyl (C=O) groups is 2. The van der Waals surface area contributed by atoms with Gasteiger partial charge in [0, 0.05) is 5.92 Å². The Kier molecular flexibility index (Phi) is 5.60. The van der Waals surface area contributed by atoms with Gasteiger partial charge in [-0.1, -0.05) is 57.2 Å². The van der Waals surface area contributed by atoms with Crippen molar-refractivity contribution in [2.45, 2.75) is 46.3 Å². The second kappa shape index (κ2) is 8.19. The van der Waals surface area contributed by atoms with E-state index in [-0.39, 0.29) is 36.0 Å². The van der Waals surface area contributed by atoms with Crippen LogP contribution in [0.3, 0.4) is 0 Å². The van der Waals surface area contributed by atoms with Crippen molar-refractivity contribution in [3.63, 3.8) is 0 Å². The molecule has 1 heterocycles. The van der Waals surface area contributed by atoms with Gasteiger partial charge in [-0.25, -0.2) is 0 Å². The first-order valence-electron chi connectivity index (χ1n) is 10.6. The molecule has 0 aliphatic heterocycles. The van der Waals surface area contributed by atoms with E-state index in [0.717, 1.165) is 12.1 Å². The second-order valence-corrected chi connectivity index (χ2v) is 8.54. The maximum absolute atomic E-state index is 13.7. The minimum absolute atomic E-state index is 0.136. The molecule has 4 rings (SSSR count). The Morgan fingerprint density at radius 3 is 2.73 bits per heavy atom. The van der Waals surface area contributed by atoms with Crippen LogP contribution in [-0.2, 0) is 11.4 Å². The number of hydrogen-bond acceptors (Lipinski definition) is 6. The van der Waals surface area contributed by atoms with Crippen molar-refractivity contribution in [1.82, 2.24) is 10.5 Å². The Bertz CT molecular complexity index is 963. The highest BCUT2D eigenvalue weighted by Gasteiger charge is 2.59. The van der Waals surface area contributed by atoms with Gasteiger partial charge in [-0.3, -0.25) is 9.59 Å². The Morgan fingerprint density at radius 1 is 1.27 bits per heavy atom. The summed E-state index contributed by atoms with van der Waals surface area (Å²) in [5.41, 5.74) is 0.174. The molecule has 0 amide bonds. The van der Waals surface area contributed by atoms with Gasteiger partial charge in [0.2, 0.25) is 0 Å². The van der Waals surface area contributed by atoms with Gasteiger partial charge < -0.3 is 14.6 Å². The van der Waals surface area contributed by atoms with Gasteiger partial charge in [-0.05, 0) is 42.1 Å². The first-order valence-corrected chi connectivity index (χ1v) is 10.6. The fourth-order valence-electron chi connectivity index (χ4n) is 4.69. The van der Waals surface area contributed by atoms with Gasteiger partial charge in [0.1, 0.15) is 17.6 Å². The van der Waals surface area contributed by atoms with Gasteiger partial charge in [0.25, 0.3) is 5.88 Å². The fourth-order valence-corrected chi connectivity index (χ4v) is 4.69. The zero-order chi connectivity index (χ0) is 21.3. The van der Waals surface area contributed by atoms with E-state index in [0.29, 0.717) is 30.1 Å². The third-order valence-corrected chi connectivity index (χ3v) is 6.26. The highest BCUT2D eigenvalue weighted by atomic mass is 16.5. The number of carbonyl (C=O) groups excluding carboxylic acids is 2. The van der Waals surface area contributed by atoms with Crippen LogP contribution in [-0.4, -0.2) is 23.3 Å². The number of fused-ring (bicyclic) bond motifs is 2. The molecule has 0 bridgehead atoms. The number of ether oxygens (including phenoxy) is 1. The zero-order valence-corrected chi connectivity index (χ0v) is 17.7. The molecule has 2 aromatic rings. The maximum atomic E-state index is 13.7. The van der Waals surface area contributed by atoms with E-state index in [1.54, 1.807) is 6.08 Å². The van der Waals surface area contributed by atoms with Gasteiger partial charge >= 0.3 is 0 Å². The van der Waals surface area contributed by atoms with Crippen molar-refractivity contribution in [2.75, 3.05) is 6.54 Å². The average molecular weight is 408 g/mol. The van der Waals surface area contributed by atoms with E-state index in [4.69, 9.17) is 9.26 Å². The third-order valence-electron chi connectivity index (χ3n) is 6.26. The average Bonchev–Trinajstić information content (AvgIpc) is 3.17. The molecule has 1 aromatic heterocycles. The van der Waals surface area contributed by atoms with Gasteiger partial charge in [-0.2, -0.15) is 0 Å². The highest BCUT2D eigenvalue weighted by Crippen LogP contribution is 2.53. The number of rotatable bonds is 7. The highest BCUT2D eigenvalue weighted by molar-refractivity contribution is 6.20. The molecule has 2 aliphatic carbocycles. The topological polar surface area (TPSA) is 81.4 Å². The summed E-state index contributed by atoms with van der Waals surface area (Å²) in [7, 11) is 0. The molecule has 2 aliphatic rings. The molecule has 0 fully saturated rings. The maximum Gasteiger partial charge on any atom is 0.265 e. The van der Waals surface area contributed by atoms with E-state index in [1.807, 2.05) is 43.3 Å². The van der Waals surface area contributed by atoms with Crippen LogP contribution in [0.1, 0.15) is 61.3 Å². The molecule has 0 saturated carbocycles. The van der Waals surface area contributed by atoms with Crippen LogP contribution in [0, 0.1) is 17.3 Å². The lowest BCUT2D eigenvalue weighted by Gasteiger charge is -2.45. The molecule has 6 nitrogen and oxygen atoms in total. The summed E-state index contributed by atoms with van der Waals surface area (Å²) < 4.78 is 11.6. The van der Waals surface area contributed by atoms with Crippen molar-refractivity contribution >= 4 is 11.6 Å². The minimum atomic E-state index is -1.10. The fraction of sp³-hybridized carbons (Fsp3) is 0.458. The van der Waals surface area contributed by atoms with Crippen molar-refractivity contribution in [3.05, 3.63) is 59.4 Å². The van der Waals surface area contributed by atoms with Crippen LogP contribution in [0.2, 0.25) is 0 Å². The number of hydrogen-bond donors (Lipinski definition) is 1. The van der Waals surface area contributed by atoms with Gasteiger partial charge in [0.15, 0.2) is 17.3 Å². The van der Waals surface area contributed by atoms with Crippen LogP contribution in [0.5, 0.6) is 5.88 Å². The molecule has 3 atom stereocenters. The van der Waals surface area contributed by atoms with E-state index in [1.165, 1.54) is 0 Å². The van der Waals surface area contributed by atoms with E-state index in [9.17, 15) is 9.59 Å². The van der Waals surface area contributed by atoms with E-state index >= 15 is 0 Å². The van der Waals surface area contributed by atoms with Crippen molar-refractivity contribution < 1.29 is 18.8 Å². The quantitative estimate of drug-likeness (QED) is 0.689. The summed E-state index contributed by atoms with van der Waals surface area (Å²) >= 11 is 0. The lowest BCUT2D eigenvalue weighted by molar-refractivity contribution is -0.126. The summed E-state index contributed by atoms with van der Waals surface area (Å²) in [6.45, 7) is 7.16. The number of Topliss-reactive ketones (excluding diaryl/α,β-unsaturated/α-hetero) is 1. The molecular formula is C24H28N2O4. The number of benzene rings is 1. The number of ketones is 2. The molecule has 0 spiro atoms. The van der Waals surface area contributed by atoms with Crippen LogP contribution in [0.25, 0.3) is 0 Å².